The Kier molecular flexibility index (Phi) is 2.97. The Morgan fingerprint density at radius 1 is 0.688 bits per heavy atom. The first-order valence-corrected chi connectivity index (χ1v) is 7.24. The molecule has 16 heavy (non-hydrogen) atoms. The fraction of sp³-hybridized carbons (Fsp3) is 1.00. The van der Waals surface area contributed by atoms with Crippen molar-refractivity contribution in [3.63, 3.8) is 0 Å². The van der Waals surface area contributed by atoms with E-state index in [0.29, 0.717) is 0 Å². The van der Waals surface area contributed by atoms with Crippen molar-refractivity contribution in [1.29, 1.82) is 0 Å². The first-order chi connectivity index (χ1) is 7.72. The summed E-state index contributed by atoms with van der Waals surface area (Å²) in [5.74, 6) is 1.93. The van der Waals surface area contributed by atoms with Crippen LogP contribution in [0.1, 0.15) is 52.4 Å². The van der Waals surface area contributed by atoms with Gasteiger partial charge in [-0.2, -0.15) is 0 Å². The number of hydrogen-bond acceptors (Lipinski definition) is 2. The fourth-order valence-corrected chi connectivity index (χ4v) is 4.20. The Morgan fingerprint density at radius 3 is 1.25 bits per heavy atom. The summed E-state index contributed by atoms with van der Waals surface area (Å²) in [5, 5.41) is 7.16. The van der Waals surface area contributed by atoms with E-state index in [1.807, 2.05) is 0 Å². The van der Waals surface area contributed by atoms with E-state index in [-0.39, 0.29) is 0 Å². The Balaban J connectivity index is 0.000000101. The Morgan fingerprint density at radius 2 is 1.12 bits per heavy atom. The van der Waals surface area contributed by atoms with E-state index in [9.17, 15) is 0 Å². The number of nitrogens with one attached hydrogen (secondary N) is 2. The molecule has 2 heteroatoms. The first-order valence-electron chi connectivity index (χ1n) is 7.24. The summed E-state index contributed by atoms with van der Waals surface area (Å²) in [6.45, 7) is 4.72. The summed E-state index contributed by atoms with van der Waals surface area (Å²) in [7, 11) is 0. The van der Waals surface area contributed by atoms with Crippen molar-refractivity contribution >= 4 is 0 Å². The molecule has 4 aliphatic heterocycles. The number of rotatable bonds is 0. The summed E-state index contributed by atoms with van der Waals surface area (Å²) in [6, 6.07) is 3.57. The third kappa shape index (κ3) is 2.02. The first kappa shape index (κ1) is 11.0. The molecule has 4 fully saturated rings. The minimum Gasteiger partial charge on any atom is -0.311 e. The molecule has 0 amide bonds. The maximum atomic E-state index is 3.58. The molecule has 4 heterocycles. The van der Waals surface area contributed by atoms with Crippen LogP contribution in [0, 0.1) is 11.8 Å². The van der Waals surface area contributed by atoms with Crippen LogP contribution in [0.25, 0.3) is 0 Å². The Labute approximate surface area is 99.6 Å². The average Bonchev–Trinajstić information content (AvgIpc) is 2.94. The van der Waals surface area contributed by atoms with Crippen LogP contribution in [-0.2, 0) is 0 Å². The second-order valence-corrected chi connectivity index (χ2v) is 6.52. The van der Waals surface area contributed by atoms with Gasteiger partial charge in [0.1, 0.15) is 0 Å². The van der Waals surface area contributed by atoms with Crippen LogP contribution in [0.15, 0.2) is 0 Å². The highest BCUT2D eigenvalue weighted by atomic mass is 15.0. The molecule has 4 bridgehead atoms. The number of hydrogen-bond donors (Lipinski definition) is 2. The van der Waals surface area contributed by atoms with Gasteiger partial charge in [0, 0.05) is 24.2 Å². The van der Waals surface area contributed by atoms with E-state index in [1.165, 1.54) is 38.5 Å². The molecule has 0 aromatic heterocycles. The van der Waals surface area contributed by atoms with Gasteiger partial charge in [0.05, 0.1) is 0 Å². The van der Waals surface area contributed by atoms with E-state index in [2.05, 4.69) is 24.5 Å². The molecule has 4 rings (SSSR count). The van der Waals surface area contributed by atoms with Crippen LogP contribution in [0.4, 0.5) is 0 Å². The third-order valence-electron chi connectivity index (χ3n) is 5.24. The van der Waals surface area contributed by atoms with E-state index in [1.54, 1.807) is 0 Å². The van der Waals surface area contributed by atoms with E-state index in [4.69, 9.17) is 0 Å². The van der Waals surface area contributed by atoms with Gasteiger partial charge in [-0.05, 0) is 50.4 Å². The zero-order chi connectivity index (χ0) is 11.1. The molecule has 4 saturated heterocycles. The highest BCUT2D eigenvalue weighted by molar-refractivity contribution is 4.95. The standard InChI is InChI=1S/2C7H13N/c2*1-5-4-6-2-3-7(5)8-6/h2*5-8H,2-4H2,1H3/t5-,6+,7+;5-,6-,7-/m10/s1. The molecule has 2 nitrogen and oxygen atoms in total. The molecule has 0 aliphatic carbocycles. The second-order valence-electron chi connectivity index (χ2n) is 6.52. The lowest BCUT2D eigenvalue weighted by atomic mass is 9.91. The Bertz CT molecular complexity index is 223. The summed E-state index contributed by atoms with van der Waals surface area (Å²) in [5.41, 5.74) is 0. The minimum absolute atomic E-state index is 0.889. The van der Waals surface area contributed by atoms with Gasteiger partial charge in [-0.1, -0.05) is 13.8 Å². The topological polar surface area (TPSA) is 24.1 Å². The quantitative estimate of drug-likeness (QED) is 0.657. The molecule has 4 aliphatic rings. The van der Waals surface area contributed by atoms with Gasteiger partial charge in [-0.15, -0.1) is 0 Å². The zero-order valence-corrected chi connectivity index (χ0v) is 10.7. The molecular weight excluding hydrogens is 196 g/mol. The van der Waals surface area contributed by atoms with Crippen LogP contribution < -0.4 is 10.6 Å². The largest absolute Gasteiger partial charge is 0.311 e. The molecule has 0 radical (unpaired) electrons. The van der Waals surface area contributed by atoms with Crippen LogP contribution in [0.2, 0.25) is 0 Å². The molecule has 92 valence electrons. The highest BCUT2D eigenvalue weighted by Crippen LogP contribution is 2.32. The van der Waals surface area contributed by atoms with Gasteiger partial charge in [0.2, 0.25) is 0 Å². The average molecular weight is 222 g/mol. The maximum absolute atomic E-state index is 3.58. The van der Waals surface area contributed by atoms with E-state index in [0.717, 1.165) is 36.0 Å². The van der Waals surface area contributed by atoms with Crippen molar-refractivity contribution in [3.8, 4) is 0 Å². The highest BCUT2D eigenvalue weighted by Gasteiger charge is 2.36. The lowest BCUT2D eigenvalue weighted by molar-refractivity contribution is 0.439. The molecule has 0 aromatic carbocycles. The van der Waals surface area contributed by atoms with Crippen LogP contribution in [0.5, 0.6) is 0 Å². The summed E-state index contributed by atoms with van der Waals surface area (Å²) in [6.07, 6.45) is 8.62. The maximum Gasteiger partial charge on any atom is 0.00964 e. The molecule has 0 spiro atoms. The van der Waals surface area contributed by atoms with Crippen LogP contribution in [0.3, 0.4) is 0 Å². The molecule has 6 atom stereocenters. The van der Waals surface area contributed by atoms with Gasteiger partial charge in [0.25, 0.3) is 0 Å². The number of fused-ring (bicyclic) bond motifs is 4. The second kappa shape index (κ2) is 4.30. The van der Waals surface area contributed by atoms with Crippen molar-refractivity contribution in [1.82, 2.24) is 10.6 Å². The summed E-state index contributed by atoms with van der Waals surface area (Å²) in [4.78, 5) is 0. The zero-order valence-electron chi connectivity index (χ0n) is 10.7. The van der Waals surface area contributed by atoms with E-state index < -0.39 is 0 Å². The van der Waals surface area contributed by atoms with Gasteiger partial charge >= 0.3 is 0 Å². The summed E-state index contributed by atoms with van der Waals surface area (Å²) < 4.78 is 0. The lowest BCUT2D eigenvalue weighted by Gasteiger charge is -2.13. The summed E-state index contributed by atoms with van der Waals surface area (Å²) >= 11 is 0. The molecule has 0 saturated carbocycles. The van der Waals surface area contributed by atoms with Gasteiger partial charge < -0.3 is 10.6 Å². The van der Waals surface area contributed by atoms with Crippen molar-refractivity contribution in [2.45, 2.75) is 76.5 Å². The molecule has 0 aromatic rings. The minimum atomic E-state index is 0.889. The lowest BCUT2D eigenvalue weighted by Crippen LogP contribution is -2.20. The Hall–Kier alpha value is -0.0800. The monoisotopic (exact) mass is 222 g/mol. The normalized spacial score (nSPS) is 52.9. The van der Waals surface area contributed by atoms with Crippen molar-refractivity contribution < 1.29 is 0 Å². The molecule has 0 unspecified atom stereocenters. The molecule has 2 N–H and O–H groups in total. The van der Waals surface area contributed by atoms with Crippen molar-refractivity contribution in [2.75, 3.05) is 0 Å². The van der Waals surface area contributed by atoms with Gasteiger partial charge in [-0.3, -0.25) is 0 Å². The van der Waals surface area contributed by atoms with Crippen molar-refractivity contribution in [3.05, 3.63) is 0 Å². The van der Waals surface area contributed by atoms with Gasteiger partial charge in [0.15, 0.2) is 0 Å². The SMILES string of the molecule is C[C@@H]1C[C@@H]2CC[C@@H]1N2.C[C@H]1C[C@@H]2CC[C@@H]1N2. The van der Waals surface area contributed by atoms with Gasteiger partial charge in [-0.25, -0.2) is 0 Å². The van der Waals surface area contributed by atoms with E-state index >= 15 is 0 Å². The predicted molar refractivity (Wildman–Crippen MR) is 67.5 cm³/mol. The molecular formula is C14H26N2. The fourth-order valence-electron chi connectivity index (χ4n) is 4.20. The van der Waals surface area contributed by atoms with Crippen molar-refractivity contribution in [2.24, 2.45) is 11.8 Å². The third-order valence-corrected chi connectivity index (χ3v) is 5.24. The smallest absolute Gasteiger partial charge is 0.00964 e. The van der Waals surface area contributed by atoms with Crippen LogP contribution in [-0.4, -0.2) is 24.2 Å². The predicted octanol–water partition coefficient (Wildman–Crippen LogP) is 2.29. The van der Waals surface area contributed by atoms with Crippen LogP contribution >= 0.6 is 0 Å².